The van der Waals surface area contributed by atoms with Gasteiger partial charge in [0.25, 0.3) is 0 Å². The van der Waals surface area contributed by atoms with Gasteiger partial charge in [0.15, 0.2) is 18.8 Å². The summed E-state index contributed by atoms with van der Waals surface area (Å²) in [5.41, 5.74) is -2.81. The van der Waals surface area contributed by atoms with Gasteiger partial charge in [0.1, 0.15) is 0 Å². The normalized spacial score (nSPS) is 16.2. The SMILES string of the molecule is C=C(COCC)C(=O)OCC(=O)OC1(C(F)(F)C(=O)OCC(F)(F)F)CCCC1. The first kappa shape index (κ1) is 24.8. The van der Waals surface area contributed by atoms with Crippen LogP contribution in [0.4, 0.5) is 22.0 Å². The Kier molecular flexibility index (Phi) is 8.54. The van der Waals surface area contributed by atoms with E-state index in [4.69, 9.17) is 9.47 Å². The molecule has 7 nitrogen and oxygen atoms in total. The van der Waals surface area contributed by atoms with E-state index < -0.39 is 61.7 Å². The molecule has 0 aromatic carbocycles. The van der Waals surface area contributed by atoms with E-state index in [0.29, 0.717) is 0 Å². The summed E-state index contributed by atoms with van der Waals surface area (Å²) in [6, 6.07) is 0. The summed E-state index contributed by atoms with van der Waals surface area (Å²) in [6.45, 7) is 1.89. The highest BCUT2D eigenvalue weighted by atomic mass is 19.4. The van der Waals surface area contributed by atoms with E-state index in [1.807, 2.05) is 0 Å². The van der Waals surface area contributed by atoms with Crippen LogP contribution in [0.5, 0.6) is 0 Å². The Morgan fingerprint density at radius 2 is 1.59 bits per heavy atom. The average Bonchev–Trinajstić information content (AvgIpc) is 3.11. The molecule has 1 rings (SSSR count). The first-order valence-corrected chi connectivity index (χ1v) is 8.61. The van der Waals surface area contributed by atoms with E-state index in [0.717, 1.165) is 0 Å². The lowest BCUT2D eigenvalue weighted by molar-refractivity contribution is -0.237. The van der Waals surface area contributed by atoms with E-state index in [9.17, 15) is 36.3 Å². The van der Waals surface area contributed by atoms with Crippen LogP contribution < -0.4 is 0 Å². The Hall–Kier alpha value is -2.24. The number of ether oxygens (including phenoxy) is 4. The zero-order chi connectivity index (χ0) is 22.3. The Bertz CT molecular complexity index is 624. The van der Waals surface area contributed by atoms with Gasteiger partial charge < -0.3 is 18.9 Å². The highest BCUT2D eigenvalue weighted by Gasteiger charge is 2.64. The Labute approximate surface area is 163 Å². The second-order valence-electron chi connectivity index (χ2n) is 6.26. The monoisotopic (exact) mass is 432 g/mol. The fourth-order valence-corrected chi connectivity index (χ4v) is 2.61. The van der Waals surface area contributed by atoms with E-state index in [1.165, 1.54) is 0 Å². The van der Waals surface area contributed by atoms with Gasteiger partial charge >= 0.3 is 30.0 Å². The van der Waals surface area contributed by atoms with Gasteiger partial charge in [-0.2, -0.15) is 22.0 Å². The van der Waals surface area contributed by atoms with Gasteiger partial charge in [-0.15, -0.1) is 0 Å². The smallest absolute Gasteiger partial charge is 0.422 e. The van der Waals surface area contributed by atoms with Crippen molar-refractivity contribution in [3.63, 3.8) is 0 Å². The molecule has 1 fully saturated rings. The molecule has 0 N–H and O–H groups in total. The van der Waals surface area contributed by atoms with Gasteiger partial charge in [-0.1, -0.05) is 6.58 Å². The van der Waals surface area contributed by atoms with Crippen molar-refractivity contribution in [3.05, 3.63) is 12.2 Å². The third-order valence-electron chi connectivity index (χ3n) is 4.01. The molecule has 1 saturated carbocycles. The first-order valence-electron chi connectivity index (χ1n) is 8.61. The summed E-state index contributed by atoms with van der Waals surface area (Å²) in [5.74, 6) is -9.39. The summed E-state index contributed by atoms with van der Waals surface area (Å²) in [6.07, 6.45) is -5.67. The predicted molar refractivity (Wildman–Crippen MR) is 85.8 cm³/mol. The maximum Gasteiger partial charge on any atom is 0.422 e. The van der Waals surface area contributed by atoms with Crippen molar-refractivity contribution in [1.82, 2.24) is 0 Å². The van der Waals surface area contributed by atoms with Crippen molar-refractivity contribution in [2.24, 2.45) is 0 Å². The third-order valence-corrected chi connectivity index (χ3v) is 4.01. The quantitative estimate of drug-likeness (QED) is 0.227. The zero-order valence-corrected chi connectivity index (χ0v) is 15.6. The Morgan fingerprint density at radius 1 is 1.00 bits per heavy atom. The summed E-state index contributed by atoms with van der Waals surface area (Å²) in [5, 5.41) is 0. The average molecular weight is 432 g/mol. The van der Waals surface area contributed by atoms with Crippen LogP contribution in [-0.4, -0.2) is 62.0 Å². The molecule has 0 unspecified atom stereocenters. The topological polar surface area (TPSA) is 88.1 Å². The van der Waals surface area contributed by atoms with Crippen molar-refractivity contribution in [2.45, 2.75) is 50.3 Å². The molecule has 0 amide bonds. The van der Waals surface area contributed by atoms with E-state index in [2.05, 4.69) is 16.1 Å². The van der Waals surface area contributed by atoms with Gasteiger partial charge in [0.05, 0.1) is 12.2 Å². The molecule has 166 valence electrons. The number of carbonyl (C=O) groups is 3. The number of hydrogen-bond acceptors (Lipinski definition) is 7. The van der Waals surface area contributed by atoms with Gasteiger partial charge in [-0.3, -0.25) is 0 Å². The maximum absolute atomic E-state index is 14.5. The van der Waals surface area contributed by atoms with E-state index in [-0.39, 0.29) is 31.6 Å². The lowest BCUT2D eigenvalue weighted by atomic mass is 9.93. The molecule has 0 aromatic rings. The molecule has 0 heterocycles. The third kappa shape index (κ3) is 6.94. The van der Waals surface area contributed by atoms with Gasteiger partial charge in [-0.05, 0) is 32.6 Å². The fourth-order valence-electron chi connectivity index (χ4n) is 2.61. The number of hydrogen-bond donors (Lipinski definition) is 0. The van der Waals surface area contributed by atoms with E-state index in [1.54, 1.807) is 6.92 Å². The summed E-state index contributed by atoms with van der Waals surface area (Å²) < 4.78 is 83.3. The minimum absolute atomic E-state index is 0.128. The van der Waals surface area contributed by atoms with Crippen LogP contribution in [0.3, 0.4) is 0 Å². The molecule has 12 heteroatoms. The highest BCUT2D eigenvalue weighted by molar-refractivity contribution is 5.89. The van der Waals surface area contributed by atoms with Crippen LogP contribution in [-0.2, 0) is 33.3 Å². The maximum atomic E-state index is 14.5. The van der Waals surface area contributed by atoms with Crippen LogP contribution >= 0.6 is 0 Å². The molecular formula is C17H21F5O7. The second-order valence-corrected chi connectivity index (χ2v) is 6.26. The minimum atomic E-state index is -5.00. The number of esters is 3. The van der Waals surface area contributed by atoms with Gasteiger partial charge in [0.2, 0.25) is 0 Å². The van der Waals surface area contributed by atoms with Crippen molar-refractivity contribution < 1.29 is 55.3 Å². The lowest BCUT2D eigenvalue weighted by Gasteiger charge is -2.34. The molecule has 0 bridgehead atoms. The first-order chi connectivity index (χ1) is 13.3. The molecule has 0 spiro atoms. The molecular weight excluding hydrogens is 411 g/mol. The molecule has 1 aliphatic carbocycles. The van der Waals surface area contributed by atoms with Crippen LogP contribution in [0.25, 0.3) is 0 Å². The molecule has 0 saturated heterocycles. The largest absolute Gasteiger partial charge is 0.451 e. The van der Waals surface area contributed by atoms with Crippen molar-refractivity contribution in [3.8, 4) is 0 Å². The molecule has 0 radical (unpaired) electrons. The molecule has 0 aromatic heterocycles. The highest BCUT2D eigenvalue weighted by Crippen LogP contribution is 2.46. The summed E-state index contributed by atoms with van der Waals surface area (Å²) >= 11 is 0. The number of alkyl halides is 5. The van der Waals surface area contributed by atoms with E-state index >= 15 is 0 Å². The molecule has 29 heavy (non-hydrogen) atoms. The fraction of sp³-hybridized carbons (Fsp3) is 0.706. The summed E-state index contributed by atoms with van der Waals surface area (Å²) in [7, 11) is 0. The Morgan fingerprint density at radius 3 is 2.10 bits per heavy atom. The van der Waals surface area contributed by atoms with Crippen molar-refractivity contribution in [1.29, 1.82) is 0 Å². The molecule has 0 aliphatic heterocycles. The number of rotatable bonds is 10. The minimum Gasteiger partial charge on any atom is -0.451 e. The van der Waals surface area contributed by atoms with Crippen molar-refractivity contribution >= 4 is 17.9 Å². The van der Waals surface area contributed by atoms with Crippen LogP contribution in [0, 0.1) is 0 Å². The molecule has 0 atom stereocenters. The standard InChI is InChI=1S/C17H21F5O7/c1-3-26-8-11(2)13(24)27-9-12(23)29-15(6-4-5-7-15)17(21,22)14(25)28-10-16(18,19)20/h2-10H2,1H3. The van der Waals surface area contributed by atoms with Crippen LogP contribution in [0.2, 0.25) is 0 Å². The Balaban J connectivity index is 2.75. The van der Waals surface area contributed by atoms with Gasteiger partial charge in [0, 0.05) is 6.61 Å². The van der Waals surface area contributed by atoms with Crippen molar-refractivity contribution in [2.75, 3.05) is 26.4 Å². The second kappa shape index (κ2) is 9.99. The molecule has 1 aliphatic rings. The zero-order valence-electron chi connectivity index (χ0n) is 15.6. The van der Waals surface area contributed by atoms with Crippen LogP contribution in [0.1, 0.15) is 32.6 Å². The summed E-state index contributed by atoms with van der Waals surface area (Å²) in [4.78, 5) is 35.1. The van der Waals surface area contributed by atoms with Crippen LogP contribution in [0.15, 0.2) is 12.2 Å². The predicted octanol–water partition coefficient (Wildman–Crippen LogP) is 2.72. The van der Waals surface area contributed by atoms with Gasteiger partial charge in [-0.25, -0.2) is 14.4 Å². The number of halogens is 5. The lowest BCUT2D eigenvalue weighted by Crippen LogP contribution is -2.55. The number of carbonyl (C=O) groups excluding carboxylic acids is 3.